The Morgan fingerprint density at radius 1 is 1.29 bits per heavy atom. The molecule has 130 valence electrons. The van der Waals surface area contributed by atoms with Gasteiger partial charge in [0.2, 0.25) is 11.8 Å². The van der Waals surface area contributed by atoms with E-state index in [1.807, 2.05) is 0 Å². The summed E-state index contributed by atoms with van der Waals surface area (Å²) in [7, 11) is 0. The monoisotopic (exact) mass is 336 g/mol. The number of hydrogen-bond acceptors (Lipinski definition) is 5. The molecule has 0 spiro atoms. The van der Waals surface area contributed by atoms with Gasteiger partial charge in [-0.2, -0.15) is 0 Å². The maximum Gasteiger partial charge on any atom is 0.230 e. The average molecular weight is 336 g/mol. The number of halogens is 2. The molecule has 24 heavy (non-hydrogen) atoms. The summed E-state index contributed by atoms with van der Waals surface area (Å²) < 4.78 is 32.4. The lowest BCUT2D eigenvalue weighted by atomic mass is 9.99. The van der Waals surface area contributed by atoms with Crippen LogP contribution in [0.1, 0.15) is 43.7 Å². The summed E-state index contributed by atoms with van der Waals surface area (Å²) in [6.07, 6.45) is 0.912. The van der Waals surface area contributed by atoms with Crippen LogP contribution in [-0.4, -0.2) is 33.7 Å². The summed E-state index contributed by atoms with van der Waals surface area (Å²) in [6.45, 7) is 7.31. The van der Waals surface area contributed by atoms with Gasteiger partial charge in [-0.15, -0.1) is 10.2 Å². The Kier molecular flexibility index (Phi) is 4.91. The van der Waals surface area contributed by atoms with Gasteiger partial charge in [0.05, 0.1) is 12.6 Å². The van der Waals surface area contributed by atoms with Crippen molar-refractivity contribution in [2.45, 2.75) is 51.9 Å². The third-order valence-corrected chi connectivity index (χ3v) is 4.47. The Morgan fingerprint density at radius 2 is 2.08 bits per heavy atom. The lowest BCUT2D eigenvalue weighted by Crippen LogP contribution is -2.38. The molecular formula is C17H22F2N4O. The molecule has 1 saturated heterocycles. The van der Waals surface area contributed by atoms with Gasteiger partial charge in [0.25, 0.3) is 0 Å². The van der Waals surface area contributed by atoms with E-state index in [2.05, 4.69) is 34.3 Å². The van der Waals surface area contributed by atoms with Crippen molar-refractivity contribution >= 4 is 0 Å². The summed E-state index contributed by atoms with van der Waals surface area (Å²) in [5.74, 6) is -0.577. The van der Waals surface area contributed by atoms with Gasteiger partial charge in [-0.05, 0) is 38.0 Å². The molecule has 1 N–H and O–H groups in total. The normalized spacial score (nSPS) is 21.8. The molecule has 0 unspecified atom stereocenters. The van der Waals surface area contributed by atoms with E-state index < -0.39 is 11.6 Å². The van der Waals surface area contributed by atoms with Crippen molar-refractivity contribution in [3.05, 3.63) is 47.2 Å². The molecule has 5 nitrogen and oxygen atoms in total. The van der Waals surface area contributed by atoms with Crippen LogP contribution in [0.2, 0.25) is 0 Å². The van der Waals surface area contributed by atoms with Crippen LogP contribution in [0.3, 0.4) is 0 Å². The highest BCUT2D eigenvalue weighted by Crippen LogP contribution is 2.34. The van der Waals surface area contributed by atoms with Crippen LogP contribution in [0.5, 0.6) is 0 Å². The molecule has 2 aromatic rings. The van der Waals surface area contributed by atoms with Crippen molar-refractivity contribution in [2.24, 2.45) is 0 Å². The highest BCUT2D eigenvalue weighted by atomic mass is 19.2. The van der Waals surface area contributed by atoms with Crippen molar-refractivity contribution in [3.63, 3.8) is 0 Å². The van der Waals surface area contributed by atoms with Crippen molar-refractivity contribution < 1.29 is 13.2 Å². The number of nitrogens with one attached hydrogen (secondary N) is 1. The van der Waals surface area contributed by atoms with E-state index in [0.717, 1.165) is 18.5 Å². The first-order valence-electron chi connectivity index (χ1n) is 8.18. The fourth-order valence-electron chi connectivity index (χ4n) is 3.36. The van der Waals surface area contributed by atoms with E-state index in [0.29, 0.717) is 24.4 Å². The molecule has 0 amide bonds. The van der Waals surface area contributed by atoms with Crippen LogP contribution in [-0.2, 0) is 6.54 Å². The molecule has 1 fully saturated rings. The Hall–Kier alpha value is -1.86. The first-order chi connectivity index (χ1) is 11.5. The predicted octanol–water partition coefficient (Wildman–Crippen LogP) is 2.97. The first-order valence-corrected chi connectivity index (χ1v) is 8.18. The molecule has 1 aromatic heterocycles. The van der Waals surface area contributed by atoms with E-state index in [9.17, 15) is 8.78 Å². The van der Waals surface area contributed by atoms with E-state index in [-0.39, 0.29) is 12.1 Å². The third kappa shape index (κ3) is 3.47. The average Bonchev–Trinajstić information content (AvgIpc) is 3.14. The highest BCUT2D eigenvalue weighted by Gasteiger charge is 2.36. The van der Waals surface area contributed by atoms with Crippen LogP contribution in [0.4, 0.5) is 8.78 Å². The molecule has 0 bridgehead atoms. The van der Waals surface area contributed by atoms with Crippen molar-refractivity contribution in [2.75, 3.05) is 6.54 Å². The van der Waals surface area contributed by atoms with Gasteiger partial charge in [-0.3, -0.25) is 4.90 Å². The SMILES string of the molecule is Cc1nnc(CN[C@H]2CCN(C(C)C)[C@@H]2c2ccc(F)c(F)c2)o1. The highest BCUT2D eigenvalue weighted by molar-refractivity contribution is 5.24. The number of aryl methyl sites for hydroxylation is 1. The zero-order valence-corrected chi connectivity index (χ0v) is 14.1. The summed E-state index contributed by atoms with van der Waals surface area (Å²) >= 11 is 0. The van der Waals surface area contributed by atoms with Crippen molar-refractivity contribution in [1.82, 2.24) is 20.4 Å². The molecule has 0 radical (unpaired) electrons. The Balaban J connectivity index is 1.80. The van der Waals surface area contributed by atoms with Gasteiger partial charge in [0.15, 0.2) is 11.6 Å². The molecule has 1 aliphatic rings. The summed E-state index contributed by atoms with van der Waals surface area (Å²) in [5, 5.41) is 11.2. The van der Waals surface area contributed by atoms with Crippen molar-refractivity contribution in [3.8, 4) is 0 Å². The zero-order valence-electron chi connectivity index (χ0n) is 14.1. The Labute approximate surface area is 140 Å². The molecule has 0 aliphatic carbocycles. The van der Waals surface area contributed by atoms with E-state index in [1.54, 1.807) is 13.0 Å². The lowest BCUT2D eigenvalue weighted by molar-refractivity contribution is 0.188. The maximum absolute atomic E-state index is 13.7. The van der Waals surface area contributed by atoms with Gasteiger partial charge in [0, 0.05) is 25.6 Å². The molecule has 1 aromatic carbocycles. The van der Waals surface area contributed by atoms with Crippen LogP contribution in [0, 0.1) is 18.6 Å². The molecular weight excluding hydrogens is 314 g/mol. The minimum Gasteiger partial charge on any atom is -0.424 e. The summed E-state index contributed by atoms with van der Waals surface area (Å²) in [4.78, 5) is 2.30. The number of hydrogen-bond donors (Lipinski definition) is 1. The van der Waals surface area contributed by atoms with Crippen molar-refractivity contribution in [1.29, 1.82) is 0 Å². The second-order valence-corrected chi connectivity index (χ2v) is 6.44. The maximum atomic E-state index is 13.7. The largest absolute Gasteiger partial charge is 0.424 e. The fourth-order valence-corrected chi connectivity index (χ4v) is 3.36. The van der Waals surface area contributed by atoms with Crippen LogP contribution < -0.4 is 5.32 Å². The standard InChI is InChI=1S/C17H22F2N4O/c1-10(2)23-7-6-15(20-9-16-22-21-11(3)24-16)17(23)12-4-5-13(18)14(19)8-12/h4-5,8,10,15,17,20H,6-7,9H2,1-3H3/t15-,17+/m0/s1. The van der Waals surface area contributed by atoms with Gasteiger partial charge in [0.1, 0.15) is 0 Å². The minimum absolute atomic E-state index is 0.0240. The second-order valence-electron chi connectivity index (χ2n) is 6.44. The number of likely N-dealkylation sites (tertiary alicyclic amines) is 1. The third-order valence-electron chi connectivity index (χ3n) is 4.47. The second kappa shape index (κ2) is 6.94. The molecule has 2 atom stereocenters. The first kappa shape index (κ1) is 17.0. The van der Waals surface area contributed by atoms with E-state index in [4.69, 9.17) is 4.42 Å². The van der Waals surface area contributed by atoms with Gasteiger partial charge in [-0.1, -0.05) is 6.07 Å². The van der Waals surface area contributed by atoms with Gasteiger partial charge in [-0.25, -0.2) is 8.78 Å². The van der Waals surface area contributed by atoms with Gasteiger partial charge >= 0.3 is 0 Å². The molecule has 1 aliphatic heterocycles. The van der Waals surface area contributed by atoms with Crippen LogP contribution in [0.15, 0.2) is 22.6 Å². The zero-order chi connectivity index (χ0) is 17.3. The number of rotatable bonds is 5. The number of benzene rings is 1. The number of aromatic nitrogens is 2. The predicted molar refractivity (Wildman–Crippen MR) is 85.2 cm³/mol. The summed E-state index contributed by atoms with van der Waals surface area (Å²) in [6, 6.07) is 4.54. The topological polar surface area (TPSA) is 54.2 Å². The fraction of sp³-hybridized carbons (Fsp3) is 0.529. The Morgan fingerprint density at radius 3 is 2.71 bits per heavy atom. The quantitative estimate of drug-likeness (QED) is 0.910. The van der Waals surface area contributed by atoms with Crippen LogP contribution >= 0.6 is 0 Å². The molecule has 3 rings (SSSR count). The molecule has 7 heteroatoms. The molecule has 0 saturated carbocycles. The minimum atomic E-state index is -0.821. The summed E-state index contributed by atoms with van der Waals surface area (Å²) in [5.41, 5.74) is 0.777. The van der Waals surface area contributed by atoms with E-state index >= 15 is 0 Å². The molecule has 2 heterocycles. The lowest BCUT2D eigenvalue weighted by Gasteiger charge is -2.32. The van der Waals surface area contributed by atoms with Gasteiger partial charge < -0.3 is 9.73 Å². The number of nitrogens with zero attached hydrogens (tertiary/aromatic N) is 3. The Bertz CT molecular complexity index is 704. The van der Waals surface area contributed by atoms with Crippen LogP contribution in [0.25, 0.3) is 0 Å². The van der Waals surface area contributed by atoms with E-state index in [1.165, 1.54) is 12.1 Å². The smallest absolute Gasteiger partial charge is 0.230 e.